The van der Waals surface area contributed by atoms with Crippen LogP contribution in [0.1, 0.15) is 84.6 Å². The van der Waals surface area contributed by atoms with E-state index in [-0.39, 0.29) is 29.5 Å². The van der Waals surface area contributed by atoms with Gasteiger partial charge in [-0.3, -0.25) is 4.98 Å². The molecule has 0 amide bonds. The Morgan fingerprint density at radius 2 is 1.87 bits per heavy atom. The Morgan fingerprint density at radius 3 is 2.59 bits per heavy atom. The van der Waals surface area contributed by atoms with Crippen LogP contribution < -0.4 is 0 Å². The molecule has 212 valence electrons. The van der Waals surface area contributed by atoms with E-state index >= 15 is 0 Å². The van der Waals surface area contributed by atoms with Gasteiger partial charge in [0.05, 0.1) is 12.7 Å². The number of aromatic nitrogens is 1. The Kier molecular flexibility index (Phi) is 7.80. The van der Waals surface area contributed by atoms with Crippen LogP contribution in [0, 0.1) is 34.5 Å². The molecule has 0 spiro atoms. The van der Waals surface area contributed by atoms with E-state index in [1.165, 1.54) is 29.6 Å². The molecule has 4 aliphatic carbocycles. The van der Waals surface area contributed by atoms with Crippen LogP contribution >= 0.6 is 0 Å². The van der Waals surface area contributed by atoms with Gasteiger partial charge in [-0.05, 0) is 110 Å². The first-order valence-electron chi connectivity index (χ1n) is 14.7. The van der Waals surface area contributed by atoms with Gasteiger partial charge in [-0.15, -0.1) is 0 Å². The summed E-state index contributed by atoms with van der Waals surface area (Å²) in [5, 5.41) is 8.93. The standard InChI is InChI=1S/C32H43NO6/c1-20(2)38-30(36)39-28(13-17-37-29(34)35)21-11-14-31(3)23(18-21)7-8-24-26-10-9-25(22-6-5-16-33-19-22)32(26,4)15-12-27(24)31/h5-7,9,16,19-21,24,26-28H,8,10-15,17-18H2,1-4H3,(H,34,35)/t21-,24-,26-,27-,28?,31-,32+/m0/s1. The summed E-state index contributed by atoms with van der Waals surface area (Å²) in [5.41, 5.74) is 4.60. The average molecular weight is 538 g/mol. The Bertz CT molecular complexity index is 1130. The van der Waals surface area contributed by atoms with Crippen molar-refractivity contribution in [3.05, 3.63) is 47.8 Å². The molecule has 1 unspecified atom stereocenters. The summed E-state index contributed by atoms with van der Waals surface area (Å²) in [6.07, 6.45) is 14.0. The number of hydrogen-bond donors (Lipinski definition) is 1. The van der Waals surface area contributed by atoms with Gasteiger partial charge in [0, 0.05) is 18.8 Å². The van der Waals surface area contributed by atoms with Gasteiger partial charge in [0.1, 0.15) is 6.10 Å². The SMILES string of the molecule is CC(C)OC(=O)OC(CCOC(=O)O)[C@H]1CC[C@@]2(C)C(=CC[C@@H]3[C@@H]2CC[C@]2(C)C(c4cccnc4)=CC[C@@H]32)C1. The second-order valence-electron chi connectivity index (χ2n) is 12.8. The van der Waals surface area contributed by atoms with Gasteiger partial charge < -0.3 is 19.3 Å². The molecule has 1 N–H and O–H groups in total. The van der Waals surface area contributed by atoms with Crippen molar-refractivity contribution < 1.29 is 28.9 Å². The number of hydrogen-bond acceptors (Lipinski definition) is 6. The summed E-state index contributed by atoms with van der Waals surface area (Å²) < 4.78 is 15.8. The van der Waals surface area contributed by atoms with E-state index in [2.05, 4.69) is 37.0 Å². The molecular formula is C32H43NO6. The van der Waals surface area contributed by atoms with Crippen LogP contribution in [-0.2, 0) is 14.2 Å². The molecular weight excluding hydrogens is 494 g/mol. The van der Waals surface area contributed by atoms with Crippen LogP contribution in [0.2, 0.25) is 0 Å². The molecule has 1 aromatic rings. The lowest BCUT2D eigenvalue weighted by atomic mass is 9.46. The first-order chi connectivity index (χ1) is 18.6. The Balaban J connectivity index is 1.31. The predicted molar refractivity (Wildman–Crippen MR) is 148 cm³/mol. The quantitative estimate of drug-likeness (QED) is 0.282. The molecule has 1 heterocycles. The monoisotopic (exact) mass is 537 g/mol. The van der Waals surface area contributed by atoms with Crippen molar-refractivity contribution in [3.8, 4) is 0 Å². The van der Waals surface area contributed by atoms with Gasteiger partial charge in [-0.25, -0.2) is 9.59 Å². The average Bonchev–Trinajstić information content (AvgIpc) is 3.25. The van der Waals surface area contributed by atoms with Gasteiger partial charge in [-0.2, -0.15) is 0 Å². The van der Waals surface area contributed by atoms with Crippen LogP contribution in [0.5, 0.6) is 0 Å². The van der Waals surface area contributed by atoms with Crippen LogP contribution in [0.3, 0.4) is 0 Å². The minimum Gasteiger partial charge on any atom is -0.450 e. The number of pyridine rings is 1. The van der Waals surface area contributed by atoms with Crippen molar-refractivity contribution in [1.82, 2.24) is 4.98 Å². The molecule has 7 atom stereocenters. The van der Waals surface area contributed by atoms with E-state index in [0.717, 1.165) is 32.1 Å². The summed E-state index contributed by atoms with van der Waals surface area (Å²) in [6, 6.07) is 4.25. The van der Waals surface area contributed by atoms with E-state index < -0.39 is 18.4 Å². The van der Waals surface area contributed by atoms with Crippen molar-refractivity contribution >= 4 is 17.9 Å². The van der Waals surface area contributed by atoms with Gasteiger partial charge in [0.2, 0.25) is 0 Å². The van der Waals surface area contributed by atoms with Crippen LogP contribution in [-0.4, -0.2) is 41.2 Å². The zero-order valence-corrected chi connectivity index (χ0v) is 23.7. The van der Waals surface area contributed by atoms with Gasteiger partial charge in [0.25, 0.3) is 0 Å². The number of rotatable bonds is 7. The van der Waals surface area contributed by atoms with Crippen molar-refractivity contribution in [3.63, 3.8) is 0 Å². The van der Waals surface area contributed by atoms with Crippen molar-refractivity contribution in [2.24, 2.45) is 34.5 Å². The molecule has 2 saturated carbocycles. The largest absolute Gasteiger partial charge is 0.508 e. The third kappa shape index (κ3) is 5.33. The fraction of sp³-hybridized carbons (Fsp3) is 0.656. The predicted octanol–water partition coefficient (Wildman–Crippen LogP) is 7.67. The fourth-order valence-electron chi connectivity index (χ4n) is 8.54. The number of ether oxygens (including phenoxy) is 3. The highest BCUT2D eigenvalue weighted by Gasteiger charge is 2.57. The van der Waals surface area contributed by atoms with Crippen LogP contribution in [0.25, 0.3) is 5.57 Å². The molecule has 7 nitrogen and oxygen atoms in total. The molecule has 0 aliphatic heterocycles. The number of carbonyl (C=O) groups excluding carboxylic acids is 1. The lowest BCUT2D eigenvalue weighted by Gasteiger charge is -2.58. The molecule has 5 rings (SSSR count). The maximum Gasteiger partial charge on any atom is 0.508 e. The van der Waals surface area contributed by atoms with Crippen molar-refractivity contribution in [2.45, 2.75) is 91.3 Å². The van der Waals surface area contributed by atoms with Gasteiger partial charge >= 0.3 is 12.3 Å². The number of fused-ring (bicyclic) bond motifs is 5. The zero-order chi connectivity index (χ0) is 27.8. The normalized spacial score (nSPS) is 34.1. The van der Waals surface area contributed by atoms with Crippen molar-refractivity contribution in [1.29, 1.82) is 0 Å². The Hall–Kier alpha value is -2.83. The fourth-order valence-corrected chi connectivity index (χ4v) is 8.54. The minimum absolute atomic E-state index is 0.000989. The highest BCUT2D eigenvalue weighted by molar-refractivity contribution is 5.72. The highest BCUT2D eigenvalue weighted by Crippen LogP contribution is 2.66. The minimum atomic E-state index is -1.31. The van der Waals surface area contributed by atoms with E-state index in [1.54, 1.807) is 13.8 Å². The van der Waals surface area contributed by atoms with E-state index in [0.29, 0.717) is 24.2 Å². The second-order valence-corrected chi connectivity index (χ2v) is 12.8. The Morgan fingerprint density at radius 1 is 1.08 bits per heavy atom. The molecule has 1 aromatic heterocycles. The lowest BCUT2D eigenvalue weighted by molar-refractivity contribution is -0.0453. The maximum absolute atomic E-state index is 12.4. The van der Waals surface area contributed by atoms with E-state index in [4.69, 9.17) is 19.3 Å². The third-order valence-electron chi connectivity index (χ3n) is 10.4. The number of carboxylic acid groups (broad SMARTS) is 1. The summed E-state index contributed by atoms with van der Waals surface area (Å²) >= 11 is 0. The van der Waals surface area contributed by atoms with Gasteiger partial charge in [0.15, 0.2) is 0 Å². The molecule has 4 aliphatic rings. The van der Waals surface area contributed by atoms with Crippen molar-refractivity contribution in [2.75, 3.05) is 6.61 Å². The first kappa shape index (κ1) is 27.7. The molecule has 0 aromatic carbocycles. The summed E-state index contributed by atoms with van der Waals surface area (Å²) in [6.45, 7) is 8.52. The molecule has 0 radical (unpaired) electrons. The molecule has 0 saturated heterocycles. The smallest absolute Gasteiger partial charge is 0.450 e. The number of carbonyl (C=O) groups is 2. The van der Waals surface area contributed by atoms with E-state index in [1.807, 2.05) is 18.5 Å². The molecule has 39 heavy (non-hydrogen) atoms. The number of allylic oxidation sites excluding steroid dienone is 4. The number of nitrogens with zero attached hydrogens (tertiary/aromatic N) is 1. The highest BCUT2D eigenvalue weighted by atomic mass is 16.7. The molecule has 7 heteroatoms. The summed E-state index contributed by atoms with van der Waals surface area (Å²) in [4.78, 5) is 27.7. The maximum atomic E-state index is 12.4. The third-order valence-corrected chi connectivity index (χ3v) is 10.4. The Labute approximate surface area is 232 Å². The van der Waals surface area contributed by atoms with Gasteiger partial charge in [-0.1, -0.05) is 37.6 Å². The summed E-state index contributed by atoms with van der Waals surface area (Å²) in [5.74, 6) is 2.08. The lowest BCUT2D eigenvalue weighted by Crippen LogP contribution is -2.50. The zero-order valence-electron chi connectivity index (χ0n) is 23.7. The first-order valence-corrected chi connectivity index (χ1v) is 14.7. The molecule has 0 bridgehead atoms. The molecule has 2 fully saturated rings. The van der Waals surface area contributed by atoms with E-state index in [9.17, 15) is 9.59 Å². The van der Waals surface area contributed by atoms with Crippen LogP contribution in [0.4, 0.5) is 9.59 Å². The van der Waals surface area contributed by atoms with Crippen LogP contribution in [0.15, 0.2) is 42.3 Å². The summed E-state index contributed by atoms with van der Waals surface area (Å²) in [7, 11) is 0. The topological polar surface area (TPSA) is 95.0 Å². The second kappa shape index (κ2) is 11.0.